The fraction of sp³-hybridized carbons (Fsp3) is 0.417. The smallest absolute Gasteiger partial charge is 0.399 e. The maximum atomic E-state index is 12.9. The fourth-order valence-corrected chi connectivity index (χ4v) is 4.97. The summed E-state index contributed by atoms with van der Waals surface area (Å²) in [7, 11) is 3.31. The molecule has 11 heteroatoms. The fourth-order valence-electron chi connectivity index (χ4n) is 3.78. The third kappa shape index (κ3) is 6.61. The molecule has 1 aromatic heterocycles. The van der Waals surface area contributed by atoms with Gasteiger partial charge in [-0.3, -0.25) is 14.4 Å². The molecule has 1 aliphatic heterocycles. The molecule has 2 atom stereocenters. The van der Waals surface area contributed by atoms with Crippen LogP contribution >= 0.6 is 27.3 Å². The molecule has 2 N–H and O–H groups in total. The lowest BCUT2D eigenvalue weighted by atomic mass is 10.0. The number of thiophene rings is 1. The molecule has 9 nitrogen and oxygen atoms in total. The molecule has 4 amide bonds. The zero-order valence-electron chi connectivity index (χ0n) is 20.3. The summed E-state index contributed by atoms with van der Waals surface area (Å²) in [4.78, 5) is 53.2. The van der Waals surface area contributed by atoms with Crippen molar-refractivity contribution in [2.75, 3.05) is 25.5 Å². The molecule has 0 bridgehead atoms. The van der Waals surface area contributed by atoms with E-state index in [9.17, 15) is 19.2 Å². The van der Waals surface area contributed by atoms with E-state index in [4.69, 9.17) is 4.74 Å². The molecular formula is C24H29BrN4O5S. The van der Waals surface area contributed by atoms with E-state index in [-0.39, 0.29) is 30.1 Å². The zero-order valence-corrected chi connectivity index (χ0v) is 22.7. The number of likely N-dealkylation sites (N-methyl/N-ethyl adjacent to an activating group) is 1. The quantitative estimate of drug-likeness (QED) is 0.534. The maximum absolute atomic E-state index is 12.9. The molecule has 1 saturated heterocycles. The van der Waals surface area contributed by atoms with Crippen LogP contribution in [0.5, 0.6) is 5.06 Å². The van der Waals surface area contributed by atoms with E-state index in [2.05, 4.69) is 26.6 Å². The number of aryl methyl sites for hydroxylation is 1. The van der Waals surface area contributed by atoms with Gasteiger partial charge in [-0.2, -0.15) is 0 Å². The number of ether oxygens (including phenoxy) is 1. The normalized spacial score (nSPS) is 16.3. The Morgan fingerprint density at radius 1 is 1.20 bits per heavy atom. The second-order valence-electron chi connectivity index (χ2n) is 8.92. The average Bonchev–Trinajstić information content (AvgIpc) is 3.35. The first kappa shape index (κ1) is 26.7. The third-order valence-corrected chi connectivity index (χ3v) is 7.12. The van der Waals surface area contributed by atoms with Crippen molar-refractivity contribution in [1.29, 1.82) is 0 Å². The summed E-state index contributed by atoms with van der Waals surface area (Å²) in [6.45, 7) is 5.82. The predicted octanol–water partition coefficient (Wildman–Crippen LogP) is 3.56. The third-order valence-electron chi connectivity index (χ3n) is 5.62. The molecule has 1 aliphatic rings. The number of amides is 4. The van der Waals surface area contributed by atoms with Crippen LogP contribution in [0.25, 0.3) is 0 Å². The van der Waals surface area contributed by atoms with Crippen LogP contribution in [0.2, 0.25) is 0 Å². The molecule has 0 radical (unpaired) electrons. The van der Waals surface area contributed by atoms with Gasteiger partial charge in [0.1, 0.15) is 6.04 Å². The highest BCUT2D eigenvalue weighted by Crippen LogP contribution is 2.29. The van der Waals surface area contributed by atoms with Gasteiger partial charge in [-0.05, 0) is 64.7 Å². The van der Waals surface area contributed by atoms with Crippen LogP contribution in [0.4, 0.5) is 10.5 Å². The van der Waals surface area contributed by atoms with Crippen LogP contribution in [0.1, 0.15) is 36.2 Å². The van der Waals surface area contributed by atoms with Gasteiger partial charge in [0.15, 0.2) is 5.06 Å². The largest absolute Gasteiger partial charge is 0.413 e. The number of rotatable bonds is 7. The van der Waals surface area contributed by atoms with Crippen molar-refractivity contribution in [3.8, 4) is 5.06 Å². The van der Waals surface area contributed by atoms with Crippen molar-refractivity contribution in [2.24, 2.45) is 5.92 Å². The lowest BCUT2D eigenvalue weighted by Crippen LogP contribution is -2.49. The Bertz CT molecular complexity index is 1130. The standard InChI is InChI=1S/C24H29BrN4O5S/c1-13(2)21(23(32)28(4)5)27-22(31)17-7-6-16(10-14(17)3)29-12-15(11-19(29)30)26-24(33)34-20-9-8-18(25)35-20/h6-10,13,15,21H,11-12H2,1-5H3,(H,26,33)(H,27,31). The topological polar surface area (TPSA) is 108 Å². The van der Waals surface area contributed by atoms with E-state index in [1.807, 2.05) is 13.8 Å². The Morgan fingerprint density at radius 2 is 1.91 bits per heavy atom. The molecule has 0 saturated carbocycles. The van der Waals surface area contributed by atoms with Crippen molar-refractivity contribution in [3.05, 3.63) is 45.2 Å². The summed E-state index contributed by atoms with van der Waals surface area (Å²) >= 11 is 4.60. The van der Waals surface area contributed by atoms with Gasteiger partial charge in [0.25, 0.3) is 5.91 Å². The number of carbonyl (C=O) groups is 4. The minimum absolute atomic E-state index is 0.0758. The van der Waals surface area contributed by atoms with Crippen LogP contribution < -0.4 is 20.3 Å². The molecule has 0 spiro atoms. The Hall–Kier alpha value is -2.92. The molecule has 35 heavy (non-hydrogen) atoms. The molecule has 2 unspecified atom stereocenters. The van der Waals surface area contributed by atoms with Gasteiger partial charge >= 0.3 is 6.09 Å². The van der Waals surface area contributed by atoms with Gasteiger partial charge in [0.2, 0.25) is 11.8 Å². The SMILES string of the molecule is Cc1cc(N2CC(NC(=O)Oc3ccc(Br)s3)CC2=O)ccc1C(=O)NC(C(=O)N(C)C)C(C)C. The number of nitrogens with zero attached hydrogens (tertiary/aromatic N) is 2. The van der Waals surface area contributed by atoms with Gasteiger partial charge in [-0.15, -0.1) is 0 Å². The summed E-state index contributed by atoms with van der Waals surface area (Å²) in [5.74, 6) is -0.734. The first-order valence-electron chi connectivity index (χ1n) is 11.1. The Morgan fingerprint density at radius 3 is 2.49 bits per heavy atom. The average molecular weight is 565 g/mol. The highest BCUT2D eigenvalue weighted by atomic mass is 79.9. The second kappa shape index (κ2) is 11.2. The van der Waals surface area contributed by atoms with Crippen molar-refractivity contribution in [2.45, 2.75) is 39.3 Å². The summed E-state index contributed by atoms with van der Waals surface area (Å²) in [6, 6.07) is 7.53. The van der Waals surface area contributed by atoms with Gasteiger partial charge in [-0.25, -0.2) is 4.79 Å². The molecule has 2 heterocycles. The van der Waals surface area contributed by atoms with Crippen molar-refractivity contribution < 1.29 is 23.9 Å². The van der Waals surface area contributed by atoms with E-state index in [1.165, 1.54) is 16.2 Å². The molecule has 2 aromatic rings. The molecule has 3 rings (SSSR count). The Kier molecular flexibility index (Phi) is 8.55. The number of nitrogens with one attached hydrogen (secondary N) is 2. The Balaban J connectivity index is 1.65. The summed E-state index contributed by atoms with van der Waals surface area (Å²) in [5, 5.41) is 6.01. The van der Waals surface area contributed by atoms with Crippen molar-refractivity contribution in [3.63, 3.8) is 0 Å². The zero-order chi connectivity index (χ0) is 25.9. The van der Waals surface area contributed by atoms with E-state index in [0.29, 0.717) is 28.4 Å². The highest BCUT2D eigenvalue weighted by Gasteiger charge is 2.33. The van der Waals surface area contributed by atoms with Crippen LogP contribution in [0.3, 0.4) is 0 Å². The van der Waals surface area contributed by atoms with E-state index < -0.39 is 18.2 Å². The first-order chi connectivity index (χ1) is 16.5. The van der Waals surface area contributed by atoms with E-state index in [1.54, 1.807) is 56.3 Å². The van der Waals surface area contributed by atoms with Crippen LogP contribution in [-0.4, -0.2) is 61.4 Å². The molecule has 0 aliphatic carbocycles. The monoisotopic (exact) mass is 564 g/mol. The lowest BCUT2D eigenvalue weighted by Gasteiger charge is -2.25. The van der Waals surface area contributed by atoms with Gasteiger partial charge in [0.05, 0.1) is 9.83 Å². The van der Waals surface area contributed by atoms with Gasteiger partial charge in [-0.1, -0.05) is 25.2 Å². The lowest BCUT2D eigenvalue weighted by molar-refractivity contribution is -0.131. The summed E-state index contributed by atoms with van der Waals surface area (Å²) in [5.41, 5.74) is 1.73. The number of carbonyl (C=O) groups excluding carboxylic acids is 4. The maximum Gasteiger partial charge on any atom is 0.413 e. The number of anilines is 1. The van der Waals surface area contributed by atoms with Crippen LogP contribution in [0.15, 0.2) is 34.1 Å². The van der Waals surface area contributed by atoms with Crippen LogP contribution in [0, 0.1) is 12.8 Å². The summed E-state index contributed by atoms with van der Waals surface area (Å²) < 4.78 is 6.10. The van der Waals surface area contributed by atoms with Crippen molar-refractivity contribution >= 4 is 56.8 Å². The van der Waals surface area contributed by atoms with Gasteiger partial charge in [0, 0.05) is 38.3 Å². The number of benzene rings is 1. The number of hydrogen-bond acceptors (Lipinski definition) is 6. The predicted molar refractivity (Wildman–Crippen MR) is 138 cm³/mol. The second-order valence-corrected chi connectivity index (χ2v) is 11.4. The molecular weight excluding hydrogens is 536 g/mol. The first-order valence-corrected chi connectivity index (χ1v) is 12.7. The number of hydrogen-bond donors (Lipinski definition) is 2. The minimum Gasteiger partial charge on any atom is -0.399 e. The molecule has 1 fully saturated rings. The van der Waals surface area contributed by atoms with Gasteiger partial charge < -0.3 is 25.2 Å². The molecule has 1 aromatic carbocycles. The van der Waals surface area contributed by atoms with Crippen LogP contribution in [-0.2, 0) is 9.59 Å². The van der Waals surface area contributed by atoms with E-state index >= 15 is 0 Å². The van der Waals surface area contributed by atoms with E-state index in [0.717, 1.165) is 3.79 Å². The van der Waals surface area contributed by atoms with Crippen molar-refractivity contribution in [1.82, 2.24) is 15.5 Å². The highest BCUT2D eigenvalue weighted by molar-refractivity contribution is 9.11. The number of halogens is 1. The Labute approximate surface area is 216 Å². The summed E-state index contributed by atoms with van der Waals surface area (Å²) in [6.07, 6.45) is -0.470. The molecule has 188 valence electrons. The minimum atomic E-state index is -0.640.